The molecule has 0 aromatic heterocycles. The van der Waals surface area contributed by atoms with E-state index in [9.17, 15) is 5.11 Å². The average Bonchev–Trinajstić information content (AvgIpc) is 2.55. The van der Waals surface area contributed by atoms with Crippen LogP contribution in [0.25, 0.3) is 0 Å². The molecular formula is C11H17IO2. The molecule has 3 atom stereocenters. The molecule has 1 heterocycles. The molecule has 1 aliphatic carbocycles. The average molecular weight is 308 g/mol. The molecule has 2 rings (SSSR count). The predicted octanol–water partition coefficient (Wildman–Crippen LogP) is 2.64. The van der Waals surface area contributed by atoms with Crippen LogP contribution >= 0.6 is 22.6 Å². The number of halogens is 1. The Balaban J connectivity index is 2.35. The largest absolute Gasteiger partial charge is 0.393 e. The summed E-state index contributed by atoms with van der Waals surface area (Å²) < 4.78 is 7.96. The number of ether oxygens (including phenoxy) is 1. The Morgan fingerprint density at radius 3 is 2.50 bits per heavy atom. The Hall–Kier alpha value is 0.390. The van der Waals surface area contributed by atoms with E-state index in [1.807, 2.05) is 4.08 Å². The van der Waals surface area contributed by atoms with Crippen molar-refractivity contribution in [3.63, 3.8) is 0 Å². The molecule has 2 aliphatic rings. The maximum absolute atomic E-state index is 9.78. The van der Waals surface area contributed by atoms with Gasteiger partial charge in [0.1, 0.15) is 11.2 Å². The van der Waals surface area contributed by atoms with E-state index in [-0.39, 0.29) is 22.7 Å². The highest BCUT2D eigenvalue weighted by Crippen LogP contribution is 2.65. The van der Waals surface area contributed by atoms with Crippen molar-refractivity contribution >= 4 is 22.6 Å². The molecule has 1 saturated heterocycles. The van der Waals surface area contributed by atoms with Gasteiger partial charge in [-0.1, -0.05) is 36.4 Å². The topological polar surface area (TPSA) is 32.8 Å². The first-order valence-electron chi connectivity index (χ1n) is 5.03. The molecule has 0 aromatic carbocycles. The third-order valence-electron chi connectivity index (χ3n) is 3.80. The lowest BCUT2D eigenvalue weighted by molar-refractivity contribution is 0.0516. The molecule has 0 bridgehead atoms. The highest BCUT2D eigenvalue weighted by Gasteiger charge is 2.74. The highest BCUT2D eigenvalue weighted by molar-refractivity contribution is 14.1. The second-order valence-corrected chi connectivity index (χ2v) is 6.03. The van der Waals surface area contributed by atoms with Gasteiger partial charge in [0, 0.05) is 11.8 Å². The number of fused-ring (bicyclic) bond motifs is 1. The molecule has 2 fully saturated rings. The van der Waals surface area contributed by atoms with E-state index in [1.54, 1.807) is 0 Å². The van der Waals surface area contributed by atoms with Crippen LogP contribution in [0, 0.1) is 5.41 Å². The fraction of sp³-hybridized carbons (Fsp3) is 0.818. The van der Waals surface area contributed by atoms with E-state index >= 15 is 0 Å². The lowest BCUT2D eigenvalue weighted by Crippen LogP contribution is -2.46. The Labute approximate surface area is 98.9 Å². The van der Waals surface area contributed by atoms with Gasteiger partial charge in [-0.2, -0.15) is 0 Å². The number of hydrogen-bond donors (Lipinski definition) is 1. The summed E-state index contributed by atoms with van der Waals surface area (Å²) in [7, 11) is 0. The van der Waals surface area contributed by atoms with Gasteiger partial charge in [-0.3, -0.25) is 0 Å². The van der Waals surface area contributed by atoms with Gasteiger partial charge in [0.2, 0.25) is 0 Å². The second kappa shape index (κ2) is 2.95. The van der Waals surface area contributed by atoms with Crippen molar-refractivity contribution in [1.29, 1.82) is 0 Å². The van der Waals surface area contributed by atoms with E-state index in [2.05, 4.69) is 49.4 Å². The molecule has 2 nitrogen and oxygen atoms in total. The van der Waals surface area contributed by atoms with Gasteiger partial charge < -0.3 is 9.84 Å². The predicted molar refractivity (Wildman–Crippen MR) is 64.4 cm³/mol. The molecule has 0 unspecified atom stereocenters. The number of aliphatic hydroxyl groups excluding tert-OH is 1. The Kier molecular flexibility index (Phi) is 2.30. The second-order valence-electron chi connectivity index (χ2n) is 5.31. The van der Waals surface area contributed by atoms with E-state index in [0.29, 0.717) is 0 Å². The zero-order valence-corrected chi connectivity index (χ0v) is 11.0. The first-order chi connectivity index (χ1) is 6.37. The standard InChI is InChI=1S/C11H17IO2/c1-9(2)6-8(13)7-10(3)11(9,14-10)4-5-12/h4-5,8,13H,6-7H2,1-3H3/b5-4+/t8-,10+,11-/m0/s1. The molecule has 0 aromatic rings. The molecular weight excluding hydrogens is 291 g/mol. The van der Waals surface area contributed by atoms with Crippen molar-refractivity contribution in [1.82, 2.24) is 0 Å². The van der Waals surface area contributed by atoms with Crippen molar-refractivity contribution in [3.05, 3.63) is 10.2 Å². The molecule has 0 radical (unpaired) electrons. The molecule has 3 heteroatoms. The first-order valence-corrected chi connectivity index (χ1v) is 6.28. The summed E-state index contributed by atoms with van der Waals surface area (Å²) in [6.07, 6.45) is 3.52. The Morgan fingerprint density at radius 1 is 1.36 bits per heavy atom. The minimum Gasteiger partial charge on any atom is -0.393 e. The van der Waals surface area contributed by atoms with Gasteiger partial charge in [0.15, 0.2) is 0 Å². The van der Waals surface area contributed by atoms with Crippen molar-refractivity contribution < 1.29 is 9.84 Å². The quantitative estimate of drug-likeness (QED) is 0.597. The SMILES string of the molecule is CC1(C)C[C@H](O)C[C@@]2(C)O[C@@]12/C=C/I. The van der Waals surface area contributed by atoms with E-state index < -0.39 is 0 Å². The van der Waals surface area contributed by atoms with Crippen molar-refractivity contribution in [2.24, 2.45) is 5.41 Å². The lowest BCUT2D eigenvalue weighted by atomic mass is 9.63. The molecule has 1 aliphatic heterocycles. The number of rotatable bonds is 1. The van der Waals surface area contributed by atoms with Crippen LogP contribution in [0.1, 0.15) is 33.6 Å². The van der Waals surface area contributed by atoms with Gasteiger partial charge in [0.05, 0.1) is 6.10 Å². The van der Waals surface area contributed by atoms with Crippen molar-refractivity contribution in [2.75, 3.05) is 0 Å². The number of aliphatic hydroxyl groups is 1. The Morgan fingerprint density at radius 2 is 2.00 bits per heavy atom. The third kappa shape index (κ3) is 1.21. The van der Waals surface area contributed by atoms with Gasteiger partial charge >= 0.3 is 0 Å². The fourth-order valence-electron chi connectivity index (χ4n) is 3.16. The maximum Gasteiger partial charge on any atom is 0.122 e. The number of epoxide rings is 1. The van der Waals surface area contributed by atoms with Crippen LogP contribution in [-0.4, -0.2) is 22.4 Å². The van der Waals surface area contributed by atoms with Crippen LogP contribution in [-0.2, 0) is 4.74 Å². The van der Waals surface area contributed by atoms with Crippen LogP contribution in [0.3, 0.4) is 0 Å². The molecule has 0 amide bonds. The van der Waals surface area contributed by atoms with Gasteiger partial charge in [-0.15, -0.1) is 0 Å². The van der Waals surface area contributed by atoms with Crippen LogP contribution in [0.2, 0.25) is 0 Å². The molecule has 80 valence electrons. The summed E-state index contributed by atoms with van der Waals surface area (Å²) in [5.41, 5.74) is -0.253. The molecule has 1 N–H and O–H groups in total. The van der Waals surface area contributed by atoms with Gasteiger partial charge in [0.25, 0.3) is 0 Å². The summed E-state index contributed by atoms with van der Waals surface area (Å²) >= 11 is 2.23. The summed E-state index contributed by atoms with van der Waals surface area (Å²) in [5, 5.41) is 9.78. The third-order valence-corrected chi connectivity index (χ3v) is 4.16. The molecule has 14 heavy (non-hydrogen) atoms. The number of hydrogen-bond acceptors (Lipinski definition) is 2. The monoisotopic (exact) mass is 308 g/mol. The van der Waals surface area contributed by atoms with Crippen LogP contribution in [0.5, 0.6) is 0 Å². The maximum atomic E-state index is 9.78. The van der Waals surface area contributed by atoms with E-state index in [4.69, 9.17) is 4.74 Å². The molecule has 0 spiro atoms. The van der Waals surface area contributed by atoms with Crippen LogP contribution < -0.4 is 0 Å². The van der Waals surface area contributed by atoms with Crippen molar-refractivity contribution in [2.45, 2.75) is 50.9 Å². The minimum absolute atomic E-state index is 0.0289. The smallest absolute Gasteiger partial charge is 0.122 e. The summed E-state index contributed by atoms with van der Waals surface area (Å²) in [6.45, 7) is 6.46. The van der Waals surface area contributed by atoms with Gasteiger partial charge in [-0.05, 0) is 23.5 Å². The Bertz CT molecular complexity index is 287. The zero-order chi connectivity index (χ0) is 10.6. The minimum atomic E-state index is -0.215. The van der Waals surface area contributed by atoms with Crippen molar-refractivity contribution in [3.8, 4) is 0 Å². The summed E-state index contributed by atoms with van der Waals surface area (Å²) in [5.74, 6) is 0. The highest BCUT2D eigenvalue weighted by atomic mass is 127. The summed E-state index contributed by atoms with van der Waals surface area (Å²) in [6, 6.07) is 0. The van der Waals surface area contributed by atoms with Crippen LogP contribution in [0.4, 0.5) is 0 Å². The summed E-state index contributed by atoms with van der Waals surface area (Å²) in [4.78, 5) is 0. The first kappa shape index (κ1) is 10.9. The van der Waals surface area contributed by atoms with E-state index in [1.165, 1.54) is 0 Å². The zero-order valence-electron chi connectivity index (χ0n) is 8.88. The lowest BCUT2D eigenvalue weighted by Gasteiger charge is -2.38. The van der Waals surface area contributed by atoms with E-state index in [0.717, 1.165) is 12.8 Å². The normalized spacial score (nSPS) is 50.5. The fourth-order valence-corrected chi connectivity index (χ4v) is 3.67. The van der Waals surface area contributed by atoms with Gasteiger partial charge in [-0.25, -0.2) is 0 Å². The van der Waals surface area contributed by atoms with Crippen LogP contribution in [0.15, 0.2) is 10.2 Å². The molecule has 1 saturated carbocycles.